The van der Waals surface area contributed by atoms with Crippen molar-refractivity contribution < 1.29 is 22.0 Å². The van der Waals surface area contributed by atoms with Gasteiger partial charge >= 0.3 is 0 Å². The standard InChI is InChI=1S/C37H26N2.C31H16F5N.C29H19N3/c1-3-9-29(10-4-1)39(30-11-5-2-6-12-30)31-18-13-25(14-19-31)32-20-15-26-16-22-34-36-27(17-21-33(32)35(26)36)24-28-8-7-23-38-37(28)34;32-26-25(27(33)29(35)30(36)28(26)34)17-5-3-15(4-6-17)20-10-7-16-8-12-22-24-18(9-11-21(20)23(16)24)14-19-2-1-13-37-31(19)22;1-4-21(16-30-13-1)22-8-12-26(32-17-22)23-9-5-18-6-11-25-28-19(7-10-24(23)27(18)28)15-20-3-2-14-31-29(20)25/h1-24,35,37H;1-14,23,31H;1-17,27,29H. The lowest BCUT2D eigenvalue weighted by atomic mass is 9.65. The number of pyridine rings is 2. The second kappa shape index (κ2) is 26.0. The van der Waals surface area contributed by atoms with Crippen molar-refractivity contribution >= 4 is 52.4 Å². The van der Waals surface area contributed by atoms with Crippen molar-refractivity contribution in [1.82, 2.24) is 9.97 Å². The van der Waals surface area contributed by atoms with Crippen LogP contribution in [0.5, 0.6) is 0 Å². The highest BCUT2D eigenvalue weighted by Crippen LogP contribution is 2.56. The van der Waals surface area contributed by atoms with Gasteiger partial charge in [0.05, 0.1) is 11.3 Å². The van der Waals surface area contributed by atoms with E-state index in [2.05, 4.69) is 253 Å². The van der Waals surface area contributed by atoms with Crippen molar-refractivity contribution in [2.75, 3.05) is 4.90 Å². The quantitative estimate of drug-likeness (QED) is 0.0865. The fraction of sp³-hybridized carbons (Fsp3) is 0.0619. The first-order valence-electron chi connectivity index (χ1n) is 36.2. The SMILES string of the molecule is C1=CC2=CC3=C4C(=CC=C5C=CC(c6ccc(-c7cccnc7)cn6)=C(C=C3)C54)C2N=C1.C1=CC2=CC3=C4C(=CC=C5C=CC(c6ccc(N(c7ccccc7)c7ccccc7)cc6)=C(C=C3)C54)C2N=C1.Fc1c(F)c(F)c(-c2ccc(C3=C4C=CC5=C6C(=CC=C(C=C3)C46)C3N=CC=CC3=C5)cc2)c(F)c1F. The molecular formula is C97H61F5N6. The van der Waals surface area contributed by atoms with Crippen LogP contribution >= 0.6 is 0 Å². The van der Waals surface area contributed by atoms with Crippen LogP contribution in [-0.4, -0.2) is 46.7 Å². The van der Waals surface area contributed by atoms with E-state index in [1.807, 2.05) is 61.4 Å². The first-order valence-corrected chi connectivity index (χ1v) is 36.2. The number of rotatable bonds is 8. The van der Waals surface area contributed by atoms with Crippen LogP contribution in [0, 0.1) is 46.8 Å². The van der Waals surface area contributed by atoms with Gasteiger partial charge in [-0.05, 0) is 213 Å². The molecule has 0 spiro atoms. The number of nitrogens with zero attached hydrogens (tertiary/aromatic N) is 6. The Labute approximate surface area is 621 Å². The van der Waals surface area contributed by atoms with Crippen LogP contribution in [0.2, 0.25) is 0 Å². The largest absolute Gasteiger partial charge is 0.311 e. The Balaban J connectivity index is 0.000000107. The van der Waals surface area contributed by atoms with Crippen LogP contribution in [0.4, 0.5) is 39.0 Å². The molecule has 22 rings (SSSR count). The van der Waals surface area contributed by atoms with Crippen molar-refractivity contribution in [3.05, 3.63) is 462 Å². The lowest BCUT2D eigenvalue weighted by molar-refractivity contribution is 0.381. The average Bonchev–Trinajstić information content (AvgIpc) is 0.731. The maximum absolute atomic E-state index is 14.3. The predicted molar refractivity (Wildman–Crippen MR) is 424 cm³/mol. The number of allylic oxidation sites excluding steroid dienone is 36. The number of aromatic nitrogens is 2. The number of para-hydroxylation sites is 2. The van der Waals surface area contributed by atoms with Crippen LogP contribution < -0.4 is 4.90 Å². The normalized spacial score (nSPS) is 22.7. The zero-order valence-corrected chi connectivity index (χ0v) is 57.8. The monoisotopic (exact) mass is 1400 g/mol. The fourth-order valence-corrected chi connectivity index (χ4v) is 17.5. The number of fused-ring (bicyclic) bond motifs is 6. The van der Waals surface area contributed by atoms with Gasteiger partial charge in [0, 0.05) is 88.8 Å². The summed E-state index contributed by atoms with van der Waals surface area (Å²) in [4.78, 5) is 25.7. The van der Waals surface area contributed by atoms with Crippen LogP contribution in [-0.2, 0) is 0 Å². The predicted octanol–water partition coefficient (Wildman–Crippen LogP) is 22.2. The summed E-state index contributed by atoms with van der Waals surface area (Å²) in [5, 5.41) is 0. The molecule has 0 N–H and O–H groups in total. The van der Waals surface area contributed by atoms with Crippen LogP contribution in [0.25, 0.3) is 39.0 Å². The van der Waals surface area contributed by atoms with Crippen LogP contribution in [0.1, 0.15) is 16.8 Å². The molecule has 514 valence electrons. The molecule has 0 radical (unpaired) electrons. The van der Waals surface area contributed by atoms with E-state index < -0.39 is 34.6 Å². The molecule has 0 saturated carbocycles. The molecule has 0 fully saturated rings. The summed E-state index contributed by atoms with van der Waals surface area (Å²) in [6.45, 7) is 0. The Hall–Kier alpha value is -13.4. The third-order valence-electron chi connectivity index (χ3n) is 22.4. The Morgan fingerprint density at radius 1 is 0.306 bits per heavy atom. The van der Waals surface area contributed by atoms with Gasteiger partial charge in [0.2, 0.25) is 5.82 Å². The Morgan fingerprint density at radius 3 is 1.14 bits per heavy atom. The molecule has 6 unspecified atom stereocenters. The Morgan fingerprint density at radius 2 is 0.704 bits per heavy atom. The summed E-state index contributed by atoms with van der Waals surface area (Å²) in [6, 6.07) is 44.6. The van der Waals surface area contributed by atoms with Gasteiger partial charge in [0.25, 0.3) is 0 Å². The minimum atomic E-state index is -2.17. The highest BCUT2D eigenvalue weighted by atomic mass is 19.2. The summed E-state index contributed by atoms with van der Waals surface area (Å²) >= 11 is 0. The lowest BCUT2D eigenvalue weighted by Crippen LogP contribution is -2.29. The third-order valence-corrected chi connectivity index (χ3v) is 22.4. The van der Waals surface area contributed by atoms with Crippen molar-refractivity contribution in [1.29, 1.82) is 0 Å². The second-order valence-electron chi connectivity index (χ2n) is 28.2. The summed E-state index contributed by atoms with van der Waals surface area (Å²) in [5.74, 6) is -9.26. The van der Waals surface area contributed by atoms with E-state index in [-0.39, 0.29) is 41.4 Å². The van der Waals surface area contributed by atoms with Crippen LogP contribution in [0.15, 0.2) is 431 Å². The van der Waals surface area contributed by atoms with E-state index in [0.717, 1.165) is 67.3 Å². The maximum Gasteiger partial charge on any atom is 0.200 e. The topological polar surface area (TPSA) is 66.1 Å². The van der Waals surface area contributed by atoms with Gasteiger partial charge in [-0.25, -0.2) is 22.0 Å². The molecule has 6 nitrogen and oxygen atoms in total. The maximum atomic E-state index is 14.3. The number of benzene rings is 5. The lowest BCUT2D eigenvalue weighted by Gasteiger charge is -2.39. The van der Waals surface area contributed by atoms with Gasteiger partial charge in [-0.15, -0.1) is 0 Å². The highest BCUT2D eigenvalue weighted by Gasteiger charge is 2.43. The molecule has 108 heavy (non-hydrogen) atoms. The Bertz CT molecular complexity index is 6030. The highest BCUT2D eigenvalue weighted by molar-refractivity contribution is 5.92. The molecule has 5 aromatic carbocycles. The van der Waals surface area contributed by atoms with E-state index in [4.69, 9.17) is 20.0 Å². The summed E-state index contributed by atoms with van der Waals surface area (Å²) < 4.78 is 69.6. The molecule has 6 atom stereocenters. The molecular weight excluding hydrogens is 1340 g/mol. The molecule has 7 aromatic rings. The van der Waals surface area contributed by atoms with Gasteiger partial charge < -0.3 is 4.90 Å². The van der Waals surface area contributed by atoms with Crippen molar-refractivity contribution in [2.24, 2.45) is 32.7 Å². The van der Waals surface area contributed by atoms with E-state index in [1.165, 1.54) is 107 Å². The van der Waals surface area contributed by atoms with E-state index >= 15 is 0 Å². The fourth-order valence-electron chi connectivity index (χ4n) is 17.5. The van der Waals surface area contributed by atoms with Gasteiger partial charge in [0.15, 0.2) is 23.3 Å². The van der Waals surface area contributed by atoms with Gasteiger partial charge in [-0.3, -0.25) is 24.9 Å². The van der Waals surface area contributed by atoms with Crippen molar-refractivity contribution in [3.63, 3.8) is 0 Å². The molecule has 11 heteroatoms. The van der Waals surface area contributed by atoms with Crippen LogP contribution in [0.3, 0.4) is 0 Å². The smallest absolute Gasteiger partial charge is 0.200 e. The molecule has 0 amide bonds. The zero-order chi connectivity index (χ0) is 72.3. The average molecular weight is 1410 g/mol. The van der Waals surface area contributed by atoms with Gasteiger partial charge in [-0.1, -0.05) is 213 Å². The summed E-state index contributed by atoms with van der Waals surface area (Å²) in [5.41, 5.74) is 33.9. The van der Waals surface area contributed by atoms with Crippen molar-refractivity contribution in [3.8, 4) is 22.3 Å². The molecule has 2 aromatic heterocycles. The van der Waals surface area contributed by atoms with Crippen molar-refractivity contribution in [2.45, 2.75) is 18.1 Å². The first-order chi connectivity index (χ1) is 53.1. The minimum absolute atomic E-state index is 0.0220. The van der Waals surface area contributed by atoms with Gasteiger partial charge in [-0.2, -0.15) is 0 Å². The molecule has 5 heterocycles. The number of hydrogen-bond acceptors (Lipinski definition) is 6. The molecule has 0 bridgehead atoms. The van der Waals surface area contributed by atoms with E-state index in [1.54, 1.807) is 18.3 Å². The minimum Gasteiger partial charge on any atom is -0.311 e. The molecule has 12 aliphatic carbocycles. The third kappa shape index (κ3) is 10.6. The molecule has 3 aliphatic heterocycles. The van der Waals surface area contributed by atoms with E-state index in [9.17, 15) is 22.0 Å². The number of aliphatic imine (C=N–C) groups is 3. The summed E-state index contributed by atoms with van der Waals surface area (Å²) in [6.07, 6.45) is 70.4. The number of dihydropyridines is 3. The molecule has 15 aliphatic rings. The zero-order valence-electron chi connectivity index (χ0n) is 57.8. The second-order valence-corrected chi connectivity index (χ2v) is 28.2. The first kappa shape index (κ1) is 64.2. The Kier molecular flexibility index (Phi) is 15.5. The van der Waals surface area contributed by atoms with Gasteiger partial charge in [0.1, 0.15) is 18.1 Å². The number of hydrogen-bond donors (Lipinski definition) is 0. The number of anilines is 3. The number of halogens is 5. The van der Waals surface area contributed by atoms with E-state index in [0.29, 0.717) is 0 Å². The summed E-state index contributed by atoms with van der Waals surface area (Å²) in [7, 11) is 0. The molecule has 0 saturated heterocycles.